The van der Waals surface area contributed by atoms with E-state index in [0.717, 1.165) is 13.2 Å². The summed E-state index contributed by atoms with van der Waals surface area (Å²) < 4.78 is 5.23. The zero-order valence-corrected chi connectivity index (χ0v) is 7.40. The Kier molecular flexibility index (Phi) is 1.77. The molecule has 1 rings (SSSR count). The summed E-state index contributed by atoms with van der Waals surface area (Å²) in [5.41, 5.74) is 0. The van der Waals surface area contributed by atoms with Crippen LogP contribution >= 0.6 is 0 Å². The van der Waals surface area contributed by atoms with E-state index in [9.17, 15) is 0 Å². The Labute approximate surface area is 57.7 Å². The highest BCUT2D eigenvalue weighted by Crippen LogP contribution is 2.17. The molecule has 0 amide bonds. The second-order valence-electron chi connectivity index (χ2n) is 3.49. The quantitative estimate of drug-likeness (QED) is 0.507. The van der Waals surface area contributed by atoms with E-state index in [2.05, 4.69) is 25.7 Å². The summed E-state index contributed by atoms with van der Waals surface area (Å²) >= 11 is 0. The maximum absolute atomic E-state index is 5.23. The van der Waals surface area contributed by atoms with E-state index in [1.807, 2.05) is 0 Å². The van der Waals surface area contributed by atoms with Gasteiger partial charge in [-0.05, 0) is 0 Å². The van der Waals surface area contributed by atoms with Gasteiger partial charge in [0.25, 0.3) is 0 Å². The lowest BCUT2D eigenvalue weighted by atomic mass is 10.6. The van der Waals surface area contributed by atoms with Crippen molar-refractivity contribution in [3.63, 3.8) is 0 Å². The van der Waals surface area contributed by atoms with Crippen molar-refractivity contribution in [1.82, 2.24) is 0 Å². The van der Waals surface area contributed by atoms with Crippen LogP contribution in [0, 0.1) is 0 Å². The fraction of sp³-hybridized carbons (Fsp3) is 0.714. The Balaban J connectivity index is 2.61. The molecule has 0 spiro atoms. The molecule has 1 heterocycles. The molecule has 1 aliphatic heterocycles. The summed E-state index contributed by atoms with van der Waals surface area (Å²) in [7, 11) is -0.988. The molecule has 0 atom stereocenters. The molecule has 0 fully saturated rings. The summed E-state index contributed by atoms with van der Waals surface area (Å²) in [6.45, 7) is 8.81. The summed E-state index contributed by atoms with van der Waals surface area (Å²) in [5, 5.41) is 1.57. The lowest BCUT2D eigenvalue weighted by Crippen LogP contribution is -2.24. The van der Waals surface area contributed by atoms with Crippen LogP contribution in [0.4, 0.5) is 0 Å². The molecule has 2 heteroatoms. The molecule has 0 unspecified atom stereocenters. The Bertz CT molecular complexity index is 132. The van der Waals surface area contributed by atoms with Gasteiger partial charge in [0.05, 0.1) is 21.3 Å². The molecule has 52 valence electrons. The molecule has 0 saturated heterocycles. The Morgan fingerprint density at radius 3 is 2.33 bits per heavy atom. The molecule has 1 nitrogen and oxygen atoms in total. The molecule has 1 aliphatic rings. The second-order valence-corrected chi connectivity index (χ2v) is 8.64. The third-order valence-electron chi connectivity index (χ3n) is 1.67. The van der Waals surface area contributed by atoms with E-state index >= 15 is 0 Å². The molecule has 0 N–H and O–H groups in total. The zero-order chi connectivity index (χ0) is 6.91. The van der Waals surface area contributed by atoms with Crippen molar-refractivity contribution < 1.29 is 4.74 Å². The first-order valence-electron chi connectivity index (χ1n) is 3.38. The molecule has 0 aromatic heterocycles. The lowest BCUT2D eigenvalue weighted by Gasteiger charge is -2.15. The third-order valence-corrected chi connectivity index (χ3v) is 3.94. The highest BCUT2D eigenvalue weighted by molar-refractivity contribution is 6.83. The zero-order valence-electron chi connectivity index (χ0n) is 6.40. The smallest absolute Gasteiger partial charge is 0.0751 e. The number of ether oxygens (including phenoxy) is 1. The first kappa shape index (κ1) is 7.03. The molecule has 0 aliphatic carbocycles. The minimum absolute atomic E-state index is 0.847. The largest absolute Gasteiger partial charge is 0.373 e. The van der Waals surface area contributed by atoms with Gasteiger partial charge in [0.15, 0.2) is 0 Å². The van der Waals surface area contributed by atoms with E-state index in [-0.39, 0.29) is 0 Å². The minimum atomic E-state index is -0.988. The summed E-state index contributed by atoms with van der Waals surface area (Å²) in [6.07, 6.45) is 2.24. The van der Waals surface area contributed by atoms with Gasteiger partial charge in [-0.3, -0.25) is 0 Å². The van der Waals surface area contributed by atoms with Gasteiger partial charge in [-0.2, -0.15) is 0 Å². The Hall–Kier alpha value is -0.0831. The van der Waals surface area contributed by atoms with Crippen LogP contribution in [0.25, 0.3) is 0 Å². The fourth-order valence-corrected chi connectivity index (χ4v) is 2.14. The average Bonchev–Trinajstić information content (AvgIpc) is 2.08. The van der Waals surface area contributed by atoms with Gasteiger partial charge in [-0.25, -0.2) is 0 Å². The third kappa shape index (κ3) is 1.66. The predicted octanol–water partition coefficient (Wildman–Crippen LogP) is 1.82. The normalized spacial score (nSPS) is 20.1. The summed E-state index contributed by atoms with van der Waals surface area (Å²) in [6, 6.07) is 0. The van der Waals surface area contributed by atoms with Gasteiger partial charge in [0.1, 0.15) is 0 Å². The standard InChI is InChI=1S/C7H14OSi/c1-9(2,3)7-4-5-8-6-7/h4H,5-6H2,1-3H3. The molecular weight excluding hydrogens is 128 g/mol. The topological polar surface area (TPSA) is 9.23 Å². The maximum Gasteiger partial charge on any atom is 0.0751 e. The van der Waals surface area contributed by atoms with Crippen LogP contribution in [0.3, 0.4) is 0 Å². The van der Waals surface area contributed by atoms with E-state index < -0.39 is 8.07 Å². The number of hydrogen-bond acceptors (Lipinski definition) is 1. The van der Waals surface area contributed by atoms with Crippen LogP contribution in [-0.2, 0) is 4.74 Å². The van der Waals surface area contributed by atoms with Crippen LogP contribution in [0.2, 0.25) is 19.6 Å². The maximum atomic E-state index is 5.23. The van der Waals surface area contributed by atoms with Gasteiger partial charge < -0.3 is 4.74 Å². The van der Waals surface area contributed by atoms with Crippen molar-refractivity contribution in [3.05, 3.63) is 11.3 Å². The summed E-state index contributed by atoms with van der Waals surface area (Å²) in [5.74, 6) is 0. The Morgan fingerprint density at radius 2 is 2.11 bits per heavy atom. The van der Waals surface area contributed by atoms with Crippen molar-refractivity contribution in [2.45, 2.75) is 19.6 Å². The molecule has 0 aromatic rings. The highest BCUT2D eigenvalue weighted by atomic mass is 28.3. The SMILES string of the molecule is C[Si](C)(C)C1=CCOC1. The first-order valence-corrected chi connectivity index (χ1v) is 6.88. The van der Waals surface area contributed by atoms with Crippen LogP contribution in [0.1, 0.15) is 0 Å². The number of rotatable bonds is 1. The van der Waals surface area contributed by atoms with E-state index in [0.29, 0.717) is 0 Å². The van der Waals surface area contributed by atoms with Gasteiger partial charge in [0, 0.05) is 0 Å². The average molecular weight is 142 g/mol. The van der Waals surface area contributed by atoms with E-state index in [1.165, 1.54) is 0 Å². The molecule has 0 aromatic carbocycles. The van der Waals surface area contributed by atoms with Crippen LogP contribution in [0.5, 0.6) is 0 Å². The molecule has 0 radical (unpaired) electrons. The van der Waals surface area contributed by atoms with Crippen molar-refractivity contribution >= 4 is 8.07 Å². The molecule has 9 heavy (non-hydrogen) atoms. The first-order chi connectivity index (χ1) is 4.11. The van der Waals surface area contributed by atoms with Crippen molar-refractivity contribution in [1.29, 1.82) is 0 Å². The van der Waals surface area contributed by atoms with Crippen LogP contribution in [0.15, 0.2) is 11.3 Å². The van der Waals surface area contributed by atoms with Gasteiger partial charge in [-0.1, -0.05) is 30.9 Å². The van der Waals surface area contributed by atoms with Gasteiger partial charge in [-0.15, -0.1) is 0 Å². The van der Waals surface area contributed by atoms with Crippen molar-refractivity contribution in [3.8, 4) is 0 Å². The minimum Gasteiger partial charge on any atom is -0.373 e. The van der Waals surface area contributed by atoms with Crippen molar-refractivity contribution in [2.75, 3.05) is 13.2 Å². The second kappa shape index (κ2) is 2.27. The number of hydrogen-bond donors (Lipinski definition) is 0. The summed E-state index contributed by atoms with van der Waals surface area (Å²) in [4.78, 5) is 0. The molecular formula is C7H14OSi. The van der Waals surface area contributed by atoms with E-state index in [1.54, 1.807) is 5.20 Å². The molecule has 0 bridgehead atoms. The van der Waals surface area contributed by atoms with Crippen LogP contribution < -0.4 is 0 Å². The monoisotopic (exact) mass is 142 g/mol. The van der Waals surface area contributed by atoms with Gasteiger partial charge >= 0.3 is 0 Å². The fourth-order valence-electron chi connectivity index (χ4n) is 0.910. The Morgan fingerprint density at radius 1 is 1.44 bits per heavy atom. The lowest BCUT2D eigenvalue weighted by molar-refractivity contribution is 0.210. The van der Waals surface area contributed by atoms with Crippen molar-refractivity contribution in [2.24, 2.45) is 0 Å². The van der Waals surface area contributed by atoms with Gasteiger partial charge in [0.2, 0.25) is 0 Å². The van der Waals surface area contributed by atoms with Crippen LogP contribution in [-0.4, -0.2) is 21.3 Å². The van der Waals surface area contributed by atoms with E-state index in [4.69, 9.17) is 4.74 Å². The predicted molar refractivity (Wildman–Crippen MR) is 42.2 cm³/mol. The molecule has 0 saturated carbocycles. The highest BCUT2D eigenvalue weighted by Gasteiger charge is 2.21.